The zero-order valence-corrected chi connectivity index (χ0v) is 23.3. The minimum atomic E-state index is -4.53. The van der Waals surface area contributed by atoms with Crippen LogP contribution in [-0.2, 0) is 21.4 Å². The van der Waals surface area contributed by atoms with Crippen LogP contribution >= 0.6 is 0 Å². The first-order chi connectivity index (χ1) is 19.2. The standard InChI is InChI=1S/C32H40F3N3O2/c1-22(32(33,34)35)29(39)38-19-12-23-7-6-8-24-25(10-11-26(38)28(23)24)36-18-15-30(27-9-2-5-17-37-27)16-20-40-31(21-30)13-3-4-14-31/h2,5-9,17,22,25-26,36H,3-4,10-16,18-21H2,1H3/t22?,25?,26?,30-/m1/s1. The first-order valence-corrected chi connectivity index (χ1v) is 15.0. The molecule has 3 unspecified atom stereocenters. The molecule has 6 rings (SSSR count). The van der Waals surface area contributed by atoms with Crippen LogP contribution in [-0.4, -0.2) is 47.3 Å². The number of carbonyl (C=O) groups excluding carboxylic acids is 1. The van der Waals surface area contributed by atoms with Gasteiger partial charge in [-0.05, 0) is 93.7 Å². The maximum atomic E-state index is 13.4. The number of benzene rings is 1. The van der Waals surface area contributed by atoms with Crippen LogP contribution < -0.4 is 5.32 Å². The van der Waals surface area contributed by atoms with Crippen LogP contribution in [0.5, 0.6) is 0 Å². The summed E-state index contributed by atoms with van der Waals surface area (Å²) in [5.74, 6) is -2.79. The minimum Gasteiger partial charge on any atom is -0.375 e. The molecule has 1 aromatic heterocycles. The van der Waals surface area contributed by atoms with Gasteiger partial charge in [-0.15, -0.1) is 0 Å². The molecule has 1 amide bonds. The third kappa shape index (κ3) is 5.06. The molecular formula is C32H40F3N3O2. The van der Waals surface area contributed by atoms with Crippen LogP contribution in [0.3, 0.4) is 0 Å². The van der Waals surface area contributed by atoms with Gasteiger partial charge in [0, 0.05) is 36.5 Å². The van der Waals surface area contributed by atoms with Crippen molar-refractivity contribution < 1.29 is 22.7 Å². The van der Waals surface area contributed by atoms with E-state index in [-0.39, 0.29) is 23.1 Å². The van der Waals surface area contributed by atoms with Crippen LogP contribution in [0.1, 0.15) is 99.2 Å². The van der Waals surface area contributed by atoms with Gasteiger partial charge >= 0.3 is 6.18 Å². The molecule has 1 saturated carbocycles. The summed E-state index contributed by atoms with van der Waals surface area (Å²) in [6.07, 6.45) is 7.01. The maximum absolute atomic E-state index is 13.4. The molecule has 2 fully saturated rings. The Morgan fingerprint density at radius 3 is 2.73 bits per heavy atom. The fraction of sp³-hybridized carbons (Fsp3) is 0.625. The van der Waals surface area contributed by atoms with Crippen molar-refractivity contribution in [3.05, 3.63) is 65.0 Å². The van der Waals surface area contributed by atoms with E-state index in [9.17, 15) is 18.0 Å². The summed E-state index contributed by atoms with van der Waals surface area (Å²) in [7, 11) is 0. The van der Waals surface area contributed by atoms with Crippen molar-refractivity contribution in [1.82, 2.24) is 15.2 Å². The lowest BCUT2D eigenvalue weighted by Gasteiger charge is -2.47. The van der Waals surface area contributed by atoms with Crippen molar-refractivity contribution in [2.75, 3.05) is 19.7 Å². The predicted molar refractivity (Wildman–Crippen MR) is 147 cm³/mol. The number of halogens is 3. The quantitative estimate of drug-likeness (QED) is 0.438. The summed E-state index contributed by atoms with van der Waals surface area (Å²) in [6, 6.07) is 12.3. The summed E-state index contributed by atoms with van der Waals surface area (Å²) in [5, 5.41) is 3.83. The number of carbonyl (C=O) groups is 1. The zero-order valence-electron chi connectivity index (χ0n) is 23.3. The molecule has 3 heterocycles. The van der Waals surface area contributed by atoms with E-state index in [4.69, 9.17) is 9.72 Å². The highest BCUT2D eigenvalue weighted by atomic mass is 19.4. The molecule has 1 aromatic carbocycles. The van der Waals surface area contributed by atoms with Crippen molar-refractivity contribution >= 4 is 5.91 Å². The average molecular weight is 556 g/mol. The topological polar surface area (TPSA) is 54.5 Å². The van der Waals surface area contributed by atoms with Gasteiger partial charge in [0.2, 0.25) is 5.91 Å². The molecule has 4 aliphatic rings. The summed E-state index contributed by atoms with van der Waals surface area (Å²) in [6.45, 7) is 2.91. The summed E-state index contributed by atoms with van der Waals surface area (Å²) >= 11 is 0. The van der Waals surface area contributed by atoms with E-state index in [1.54, 1.807) is 0 Å². The molecule has 1 spiro atoms. The maximum Gasteiger partial charge on any atom is 0.400 e. The van der Waals surface area contributed by atoms with Crippen molar-refractivity contribution in [1.29, 1.82) is 0 Å². The van der Waals surface area contributed by atoms with E-state index in [2.05, 4.69) is 35.6 Å². The molecule has 0 bridgehead atoms. The number of nitrogens with one attached hydrogen (secondary N) is 1. The highest BCUT2D eigenvalue weighted by Gasteiger charge is 2.49. The Balaban J connectivity index is 1.20. The molecule has 2 aliphatic carbocycles. The number of alkyl halides is 3. The summed E-state index contributed by atoms with van der Waals surface area (Å²) in [5.41, 5.74) is 4.44. The number of hydrogen-bond donors (Lipinski definition) is 1. The van der Waals surface area contributed by atoms with Gasteiger partial charge in [0.25, 0.3) is 0 Å². The lowest BCUT2D eigenvalue weighted by molar-refractivity contribution is -0.187. The van der Waals surface area contributed by atoms with Gasteiger partial charge in [0.05, 0.1) is 11.6 Å². The van der Waals surface area contributed by atoms with Crippen LogP contribution in [0.15, 0.2) is 42.6 Å². The Labute approximate surface area is 234 Å². The Morgan fingerprint density at radius 2 is 1.98 bits per heavy atom. The molecule has 1 N–H and O–H groups in total. The Morgan fingerprint density at radius 1 is 1.15 bits per heavy atom. The first kappa shape index (κ1) is 27.7. The summed E-state index contributed by atoms with van der Waals surface area (Å²) in [4.78, 5) is 19.3. The Bertz CT molecular complexity index is 1210. The minimum absolute atomic E-state index is 0.0319. The van der Waals surface area contributed by atoms with E-state index < -0.39 is 18.0 Å². The lowest BCUT2D eigenvalue weighted by Crippen LogP contribution is -2.48. The second-order valence-electron chi connectivity index (χ2n) is 12.5. The van der Waals surface area contributed by atoms with Crippen molar-refractivity contribution in [2.45, 2.75) is 100 Å². The monoisotopic (exact) mass is 555 g/mol. The molecule has 40 heavy (non-hydrogen) atoms. The smallest absolute Gasteiger partial charge is 0.375 e. The first-order valence-electron chi connectivity index (χ1n) is 15.0. The van der Waals surface area contributed by atoms with E-state index in [0.717, 1.165) is 81.0 Å². The highest BCUT2D eigenvalue weighted by Crippen LogP contribution is 2.50. The zero-order chi connectivity index (χ0) is 28.0. The number of nitrogens with zero attached hydrogens (tertiary/aromatic N) is 2. The molecule has 4 atom stereocenters. The van der Waals surface area contributed by atoms with E-state index in [1.165, 1.54) is 17.7 Å². The normalized spacial score (nSPS) is 28.4. The van der Waals surface area contributed by atoms with Crippen LogP contribution in [0.2, 0.25) is 0 Å². The van der Waals surface area contributed by atoms with Crippen molar-refractivity contribution in [3.8, 4) is 0 Å². The molecule has 0 radical (unpaired) electrons. The molecule has 216 valence electrons. The number of amides is 1. The molecular weight excluding hydrogens is 515 g/mol. The number of aromatic nitrogens is 1. The van der Waals surface area contributed by atoms with Gasteiger partial charge in [-0.1, -0.05) is 37.1 Å². The fourth-order valence-electron chi connectivity index (χ4n) is 8.04. The lowest BCUT2D eigenvalue weighted by atomic mass is 9.68. The van der Waals surface area contributed by atoms with Crippen LogP contribution in [0.4, 0.5) is 13.2 Å². The second kappa shape index (κ2) is 10.8. The average Bonchev–Trinajstić information content (AvgIpc) is 3.40. The molecule has 1 saturated heterocycles. The number of rotatable bonds is 6. The van der Waals surface area contributed by atoms with Gasteiger partial charge in [-0.25, -0.2) is 0 Å². The van der Waals surface area contributed by atoms with Gasteiger partial charge in [0.1, 0.15) is 5.92 Å². The van der Waals surface area contributed by atoms with Gasteiger partial charge in [-0.2, -0.15) is 13.2 Å². The highest BCUT2D eigenvalue weighted by molar-refractivity contribution is 5.80. The van der Waals surface area contributed by atoms with Crippen molar-refractivity contribution in [2.24, 2.45) is 5.92 Å². The van der Waals surface area contributed by atoms with E-state index >= 15 is 0 Å². The van der Waals surface area contributed by atoms with Gasteiger partial charge in [0.15, 0.2) is 0 Å². The molecule has 2 aromatic rings. The van der Waals surface area contributed by atoms with Gasteiger partial charge < -0.3 is 15.0 Å². The molecule has 5 nitrogen and oxygen atoms in total. The third-order valence-electron chi connectivity index (χ3n) is 10.2. The SMILES string of the molecule is CC(C(=O)N1CCc2cccc3c2C1CCC3NCC[C@@]1(c2ccccn2)CCOC2(CCCC2)C1)C(F)(F)F. The fourth-order valence-corrected chi connectivity index (χ4v) is 8.04. The molecule has 2 aliphatic heterocycles. The number of pyridine rings is 1. The van der Waals surface area contributed by atoms with Crippen LogP contribution in [0, 0.1) is 5.92 Å². The Hall–Kier alpha value is -2.45. The predicted octanol–water partition coefficient (Wildman–Crippen LogP) is 6.58. The Kier molecular flexibility index (Phi) is 7.45. The third-order valence-corrected chi connectivity index (χ3v) is 10.2. The molecule has 8 heteroatoms. The largest absolute Gasteiger partial charge is 0.400 e. The second-order valence-corrected chi connectivity index (χ2v) is 12.5. The van der Waals surface area contributed by atoms with Crippen molar-refractivity contribution in [3.63, 3.8) is 0 Å². The number of ether oxygens (including phenoxy) is 1. The van der Waals surface area contributed by atoms with Crippen LogP contribution in [0.25, 0.3) is 0 Å². The van der Waals surface area contributed by atoms with E-state index in [0.29, 0.717) is 19.4 Å². The number of hydrogen-bond acceptors (Lipinski definition) is 4. The van der Waals surface area contributed by atoms with E-state index in [1.807, 2.05) is 12.3 Å². The van der Waals surface area contributed by atoms with Gasteiger partial charge in [-0.3, -0.25) is 9.78 Å². The summed E-state index contributed by atoms with van der Waals surface area (Å²) < 4.78 is 46.6.